The predicted octanol–water partition coefficient (Wildman–Crippen LogP) is 6.99. The lowest BCUT2D eigenvalue weighted by atomic mass is 9.83. The van der Waals surface area contributed by atoms with Gasteiger partial charge in [-0.3, -0.25) is 4.57 Å². The lowest BCUT2D eigenvalue weighted by Crippen LogP contribution is -2.25. The van der Waals surface area contributed by atoms with Crippen LogP contribution in [-0.2, 0) is 27.3 Å². The maximum atomic E-state index is 15.8. The highest BCUT2D eigenvalue weighted by atomic mass is 35.5. The zero-order valence-corrected chi connectivity index (χ0v) is 24.3. The van der Waals surface area contributed by atoms with E-state index >= 15 is 4.39 Å². The number of sulfone groups is 1. The Bertz CT molecular complexity index is 1670. The van der Waals surface area contributed by atoms with Gasteiger partial charge in [-0.1, -0.05) is 42.8 Å². The van der Waals surface area contributed by atoms with Gasteiger partial charge in [0.05, 0.1) is 16.3 Å². The van der Waals surface area contributed by atoms with E-state index < -0.39 is 32.5 Å². The monoisotopic (exact) mass is 572 g/mol. The first-order valence-corrected chi connectivity index (χ1v) is 14.7. The van der Waals surface area contributed by atoms with E-state index in [-0.39, 0.29) is 28.1 Å². The summed E-state index contributed by atoms with van der Waals surface area (Å²) in [6.07, 6.45) is 2.81. The molecule has 0 aliphatic rings. The minimum absolute atomic E-state index is 0.0994. The smallest absolute Gasteiger partial charge is 0.175 e. The number of aromatic nitrogens is 2. The van der Waals surface area contributed by atoms with Crippen molar-refractivity contribution in [1.29, 1.82) is 0 Å². The molecule has 0 aliphatic heterocycles. The molecule has 0 saturated carbocycles. The van der Waals surface area contributed by atoms with Crippen LogP contribution in [-0.4, -0.2) is 29.3 Å². The van der Waals surface area contributed by atoms with E-state index in [1.807, 2.05) is 32.0 Å². The molecule has 0 amide bonds. The van der Waals surface area contributed by atoms with E-state index in [1.165, 1.54) is 24.3 Å². The maximum Gasteiger partial charge on any atom is 0.175 e. The quantitative estimate of drug-likeness (QED) is 0.259. The van der Waals surface area contributed by atoms with Crippen molar-refractivity contribution in [3.8, 4) is 16.8 Å². The van der Waals surface area contributed by atoms with Crippen molar-refractivity contribution in [2.24, 2.45) is 0 Å². The van der Waals surface area contributed by atoms with Crippen molar-refractivity contribution < 1.29 is 22.3 Å². The second kappa shape index (κ2) is 10.2. The molecule has 0 radical (unpaired) electrons. The van der Waals surface area contributed by atoms with Crippen molar-refractivity contribution in [3.05, 3.63) is 100 Å². The Balaban J connectivity index is 1.90. The summed E-state index contributed by atoms with van der Waals surface area (Å²) in [5.41, 5.74) is -0.140. The molecule has 9 heteroatoms. The molecule has 0 aliphatic carbocycles. The zero-order valence-electron chi connectivity index (χ0n) is 22.7. The molecule has 1 aromatic heterocycles. The van der Waals surface area contributed by atoms with Gasteiger partial charge in [0, 0.05) is 28.5 Å². The van der Waals surface area contributed by atoms with Crippen molar-refractivity contribution in [2.75, 3.05) is 6.26 Å². The molecule has 0 spiro atoms. The third-order valence-corrected chi connectivity index (χ3v) is 8.38. The molecule has 4 rings (SSSR count). The Morgan fingerprint density at radius 1 is 0.974 bits per heavy atom. The summed E-state index contributed by atoms with van der Waals surface area (Å²) < 4.78 is 56.9. The van der Waals surface area contributed by atoms with E-state index in [1.54, 1.807) is 43.7 Å². The molecular formula is C30H31ClF2N2O3S. The first-order valence-electron chi connectivity index (χ1n) is 12.5. The average molecular weight is 573 g/mol. The third kappa shape index (κ3) is 5.51. The van der Waals surface area contributed by atoms with E-state index in [0.717, 1.165) is 11.8 Å². The van der Waals surface area contributed by atoms with E-state index in [9.17, 15) is 17.9 Å². The van der Waals surface area contributed by atoms with Gasteiger partial charge in [-0.25, -0.2) is 22.2 Å². The van der Waals surface area contributed by atoms with Crippen molar-refractivity contribution in [1.82, 2.24) is 9.55 Å². The van der Waals surface area contributed by atoms with Gasteiger partial charge in [0.25, 0.3) is 0 Å². The molecule has 206 valence electrons. The van der Waals surface area contributed by atoms with Crippen molar-refractivity contribution in [3.63, 3.8) is 0 Å². The minimum atomic E-state index is -3.70. The van der Waals surface area contributed by atoms with Gasteiger partial charge in [0.2, 0.25) is 0 Å². The number of imidazole rings is 1. The summed E-state index contributed by atoms with van der Waals surface area (Å²) in [6, 6.07) is 14.3. The van der Waals surface area contributed by atoms with Crippen LogP contribution in [0.4, 0.5) is 8.78 Å². The van der Waals surface area contributed by atoms with Gasteiger partial charge in [0.1, 0.15) is 23.1 Å². The maximum absolute atomic E-state index is 15.8. The lowest BCUT2D eigenvalue weighted by Gasteiger charge is -2.27. The summed E-state index contributed by atoms with van der Waals surface area (Å²) in [7, 11) is -3.70. The predicted molar refractivity (Wildman–Crippen MR) is 150 cm³/mol. The number of aliphatic hydroxyl groups is 1. The van der Waals surface area contributed by atoms with Gasteiger partial charge >= 0.3 is 0 Å². The lowest BCUT2D eigenvalue weighted by molar-refractivity contribution is 0.0740. The molecule has 1 heterocycles. The molecule has 3 aromatic carbocycles. The Labute approximate surface area is 233 Å². The largest absolute Gasteiger partial charge is 0.384 e. The second-order valence-corrected chi connectivity index (χ2v) is 13.1. The van der Waals surface area contributed by atoms with Gasteiger partial charge < -0.3 is 5.11 Å². The zero-order chi connectivity index (χ0) is 28.9. The number of halogens is 3. The summed E-state index contributed by atoms with van der Waals surface area (Å²) in [5, 5.41) is 11.2. The number of hydrogen-bond donors (Lipinski definition) is 1. The van der Waals surface area contributed by atoms with Crippen LogP contribution in [0.15, 0.2) is 65.7 Å². The molecule has 5 nitrogen and oxygen atoms in total. The molecule has 4 aromatic rings. The van der Waals surface area contributed by atoms with Crippen LogP contribution in [0.3, 0.4) is 0 Å². The first-order chi connectivity index (χ1) is 18.1. The standard InChI is InChI=1S/C30H31ClF2N2O3S/c1-7-20-23(32)15-19(16-26(20)39(6,37)38)18-12-13-25(24(33)14-18)35-17-27(30(4,5)36)34-28(35)29(2,3)21-10-8-9-11-22(21)31/h8-17,36H,7H2,1-6H3. The highest BCUT2D eigenvalue weighted by molar-refractivity contribution is 7.90. The number of hydrogen-bond acceptors (Lipinski definition) is 4. The Morgan fingerprint density at radius 2 is 1.62 bits per heavy atom. The van der Waals surface area contributed by atoms with Crippen molar-refractivity contribution >= 4 is 21.4 Å². The molecule has 0 unspecified atom stereocenters. The summed E-state index contributed by atoms with van der Waals surface area (Å²) in [6.45, 7) is 8.70. The van der Waals surface area contributed by atoms with Crippen molar-refractivity contribution in [2.45, 2.75) is 57.0 Å². The van der Waals surface area contributed by atoms with Crippen LogP contribution in [0.2, 0.25) is 5.02 Å². The second-order valence-electron chi connectivity index (χ2n) is 10.7. The first kappa shape index (κ1) is 28.9. The SMILES string of the molecule is CCc1c(F)cc(-c2ccc(-n3cc(C(C)(C)O)nc3C(C)(C)c3ccccc3Cl)c(F)c2)cc1S(C)(=O)=O. The molecule has 0 atom stereocenters. The van der Waals surface area contributed by atoms with Crippen LogP contribution in [0, 0.1) is 11.6 Å². The van der Waals surface area contributed by atoms with Gasteiger partial charge in [0.15, 0.2) is 9.84 Å². The van der Waals surface area contributed by atoms with Gasteiger partial charge in [-0.05, 0) is 81.1 Å². The average Bonchev–Trinajstić information content (AvgIpc) is 3.30. The van der Waals surface area contributed by atoms with Crippen LogP contribution in [0.5, 0.6) is 0 Å². The molecule has 39 heavy (non-hydrogen) atoms. The van der Waals surface area contributed by atoms with E-state index in [0.29, 0.717) is 22.1 Å². The van der Waals surface area contributed by atoms with Gasteiger partial charge in [-0.2, -0.15) is 0 Å². The summed E-state index contributed by atoms with van der Waals surface area (Å²) >= 11 is 6.52. The van der Waals surface area contributed by atoms with Crippen LogP contribution in [0.25, 0.3) is 16.8 Å². The fourth-order valence-electron chi connectivity index (χ4n) is 4.72. The fourth-order valence-corrected chi connectivity index (χ4v) is 6.12. The highest BCUT2D eigenvalue weighted by Gasteiger charge is 2.34. The molecule has 1 N–H and O–H groups in total. The van der Waals surface area contributed by atoms with Gasteiger partial charge in [-0.15, -0.1) is 0 Å². The summed E-state index contributed by atoms with van der Waals surface area (Å²) in [5.74, 6) is -0.838. The Hall–Kier alpha value is -3.07. The van der Waals surface area contributed by atoms with E-state index in [2.05, 4.69) is 0 Å². The summed E-state index contributed by atoms with van der Waals surface area (Å²) in [4.78, 5) is 4.60. The Morgan fingerprint density at radius 3 is 2.18 bits per heavy atom. The fraction of sp³-hybridized carbons (Fsp3) is 0.300. The normalized spacial score (nSPS) is 12.7. The van der Waals surface area contributed by atoms with Crippen LogP contribution >= 0.6 is 11.6 Å². The molecule has 0 bridgehead atoms. The third-order valence-electron chi connectivity index (χ3n) is 6.89. The molecule has 0 saturated heterocycles. The number of rotatable bonds is 7. The van der Waals surface area contributed by atoms with E-state index in [4.69, 9.17) is 16.6 Å². The topological polar surface area (TPSA) is 72.2 Å². The van der Waals surface area contributed by atoms with Crippen LogP contribution < -0.4 is 0 Å². The molecular weight excluding hydrogens is 542 g/mol. The minimum Gasteiger partial charge on any atom is -0.384 e. The number of benzene rings is 3. The number of nitrogens with zero attached hydrogens (tertiary/aromatic N) is 2. The Kier molecular flexibility index (Phi) is 7.53. The molecule has 0 fully saturated rings. The highest BCUT2D eigenvalue weighted by Crippen LogP contribution is 2.38. The van der Waals surface area contributed by atoms with Crippen LogP contribution in [0.1, 0.15) is 57.3 Å².